The van der Waals surface area contributed by atoms with Gasteiger partial charge in [-0.2, -0.15) is 0 Å². The van der Waals surface area contributed by atoms with Crippen molar-refractivity contribution in [2.45, 2.75) is 13.8 Å². The van der Waals surface area contributed by atoms with Crippen molar-refractivity contribution in [1.82, 2.24) is 0 Å². The zero-order chi connectivity index (χ0) is 14.0. The molecule has 1 rings (SSSR count). The van der Waals surface area contributed by atoms with Crippen molar-refractivity contribution >= 4 is 23.5 Å². The maximum Gasteiger partial charge on any atom is 0.310 e. The Hall–Kier alpha value is -1.72. The van der Waals surface area contributed by atoms with Gasteiger partial charge in [0, 0.05) is 11.8 Å². The molecule has 0 aromatic carbocycles. The van der Waals surface area contributed by atoms with Gasteiger partial charge in [0.25, 0.3) is 0 Å². The summed E-state index contributed by atoms with van der Waals surface area (Å²) >= 11 is 0. The average molecular weight is 256 g/mol. The first kappa shape index (κ1) is 14.3. The van der Waals surface area contributed by atoms with Crippen molar-refractivity contribution in [3.63, 3.8) is 0 Å². The highest BCUT2D eigenvalue weighted by atomic mass is 16.5. The molecule has 6 nitrogen and oxygen atoms in total. The van der Waals surface area contributed by atoms with Crippen LogP contribution < -0.4 is 0 Å². The highest BCUT2D eigenvalue weighted by Crippen LogP contribution is 2.48. The van der Waals surface area contributed by atoms with Crippen molar-refractivity contribution in [3.8, 4) is 0 Å². The molecule has 0 spiro atoms. The minimum absolute atomic E-state index is 0.300. The van der Waals surface area contributed by atoms with Gasteiger partial charge in [-0.1, -0.05) is 0 Å². The van der Waals surface area contributed by atoms with Crippen molar-refractivity contribution < 1.29 is 28.7 Å². The Morgan fingerprint density at radius 3 is 1.11 bits per heavy atom. The minimum atomic E-state index is -0.922. The van der Waals surface area contributed by atoms with Crippen LogP contribution in [0.15, 0.2) is 0 Å². The van der Waals surface area contributed by atoms with Crippen LogP contribution in [0, 0.1) is 23.7 Å². The van der Waals surface area contributed by atoms with Gasteiger partial charge in [-0.05, 0) is 13.8 Å². The van der Waals surface area contributed by atoms with Gasteiger partial charge < -0.3 is 9.47 Å². The molecular formula is C12H16O6. The van der Waals surface area contributed by atoms with Crippen LogP contribution in [-0.4, -0.2) is 37.7 Å². The predicted molar refractivity (Wildman–Crippen MR) is 59.4 cm³/mol. The molecule has 6 heteroatoms. The number of carbonyl (C=O) groups is 4. The molecule has 0 unspecified atom stereocenters. The third-order valence-corrected chi connectivity index (χ3v) is 3.43. The summed E-state index contributed by atoms with van der Waals surface area (Å²) in [6, 6.07) is 0. The molecule has 0 bridgehead atoms. The van der Waals surface area contributed by atoms with Crippen LogP contribution >= 0.6 is 0 Å². The van der Waals surface area contributed by atoms with Crippen LogP contribution in [0.25, 0.3) is 0 Å². The van der Waals surface area contributed by atoms with Crippen LogP contribution in [-0.2, 0) is 28.7 Å². The van der Waals surface area contributed by atoms with Crippen molar-refractivity contribution in [1.29, 1.82) is 0 Å². The second-order valence-electron chi connectivity index (χ2n) is 4.37. The van der Waals surface area contributed by atoms with Gasteiger partial charge in [-0.15, -0.1) is 0 Å². The summed E-state index contributed by atoms with van der Waals surface area (Å²) in [5.74, 6) is -5.36. The molecule has 0 heterocycles. The van der Waals surface area contributed by atoms with Gasteiger partial charge in [0.05, 0.1) is 26.1 Å². The lowest BCUT2D eigenvalue weighted by Gasteiger charge is -2.45. The molecule has 0 aromatic rings. The van der Waals surface area contributed by atoms with E-state index in [-0.39, 0.29) is 11.6 Å². The van der Waals surface area contributed by atoms with Gasteiger partial charge in [0.2, 0.25) is 0 Å². The van der Waals surface area contributed by atoms with Gasteiger partial charge in [0.15, 0.2) is 0 Å². The Bertz CT molecular complexity index is 361. The SMILES string of the molecule is COC(=O)[C@@H]1[C@@H](C(C)=O)[C@H](C(C)=O)[C@H]1C(=O)OC. The molecule has 0 aromatic heterocycles. The molecule has 1 fully saturated rings. The molecule has 0 saturated heterocycles. The first-order valence-electron chi connectivity index (χ1n) is 5.53. The second-order valence-corrected chi connectivity index (χ2v) is 4.37. The largest absolute Gasteiger partial charge is 0.469 e. The molecule has 1 saturated carbocycles. The van der Waals surface area contributed by atoms with E-state index in [0.717, 1.165) is 0 Å². The summed E-state index contributed by atoms with van der Waals surface area (Å²) in [6.45, 7) is 2.59. The van der Waals surface area contributed by atoms with E-state index < -0.39 is 35.6 Å². The number of hydrogen-bond donors (Lipinski definition) is 0. The monoisotopic (exact) mass is 256 g/mol. The van der Waals surface area contributed by atoms with Crippen molar-refractivity contribution in [2.75, 3.05) is 14.2 Å². The van der Waals surface area contributed by atoms with Crippen LogP contribution in [0.4, 0.5) is 0 Å². The Morgan fingerprint density at radius 2 is 0.944 bits per heavy atom. The summed E-state index contributed by atoms with van der Waals surface area (Å²) in [4.78, 5) is 46.3. The quantitative estimate of drug-likeness (QED) is 0.657. The summed E-state index contributed by atoms with van der Waals surface area (Å²) in [6.07, 6.45) is 0. The number of esters is 2. The highest BCUT2D eigenvalue weighted by molar-refractivity contribution is 6.00. The van der Waals surface area contributed by atoms with Crippen LogP contribution in [0.3, 0.4) is 0 Å². The summed E-state index contributed by atoms with van der Waals surface area (Å²) in [5, 5.41) is 0. The minimum Gasteiger partial charge on any atom is -0.469 e. The molecule has 18 heavy (non-hydrogen) atoms. The van der Waals surface area contributed by atoms with E-state index in [1.54, 1.807) is 0 Å². The molecule has 0 radical (unpaired) electrons. The first-order chi connectivity index (χ1) is 8.36. The normalized spacial score (nSPS) is 30.0. The summed E-state index contributed by atoms with van der Waals surface area (Å²) < 4.78 is 9.15. The van der Waals surface area contributed by atoms with Crippen LogP contribution in [0.5, 0.6) is 0 Å². The fourth-order valence-corrected chi connectivity index (χ4v) is 2.62. The highest BCUT2D eigenvalue weighted by Gasteiger charge is 2.62. The Kier molecular flexibility index (Phi) is 4.21. The van der Waals surface area contributed by atoms with Crippen LogP contribution in [0.2, 0.25) is 0 Å². The van der Waals surface area contributed by atoms with E-state index >= 15 is 0 Å². The van der Waals surface area contributed by atoms with E-state index in [1.165, 1.54) is 28.1 Å². The lowest BCUT2D eigenvalue weighted by molar-refractivity contribution is -0.182. The van der Waals surface area contributed by atoms with E-state index in [9.17, 15) is 19.2 Å². The van der Waals surface area contributed by atoms with Gasteiger partial charge >= 0.3 is 11.9 Å². The van der Waals surface area contributed by atoms with Gasteiger partial charge in [-0.25, -0.2) is 0 Å². The zero-order valence-corrected chi connectivity index (χ0v) is 10.8. The average Bonchev–Trinajstić information content (AvgIpc) is 2.25. The summed E-state index contributed by atoms with van der Waals surface area (Å²) in [5.41, 5.74) is 0. The molecular weight excluding hydrogens is 240 g/mol. The first-order valence-corrected chi connectivity index (χ1v) is 5.53. The summed E-state index contributed by atoms with van der Waals surface area (Å²) in [7, 11) is 2.35. The van der Waals surface area contributed by atoms with Gasteiger partial charge in [0.1, 0.15) is 11.6 Å². The van der Waals surface area contributed by atoms with Crippen molar-refractivity contribution in [3.05, 3.63) is 0 Å². The fourth-order valence-electron chi connectivity index (χ4n) is 2.62. The number of hydrogen-bond acceptors (Lipinski definition) is 6. The molecule has 0 aliphatic heterocycles. The smallest absolute Gasteiger partial charge is 0.310 e. The predicted octanol–water partition coefficient (Wildman–Crippen LogP) is -0.0112. The van der Waals surface area contributed by atoms with E-state index in [4.69, 9.17) is 0 Å². The van der Waals surface area contributed by atoms with Crippen LogP contribution in [0.1, 0.15) is 13.8 Å². The Balaban J connectivity index is 3.10. The van der Waals surface area contributed by atoms with E-state index in [1.807, 2.05) is 0 Å². The lowest BCUT2D eigenvalue weighted by atomic mass is 9.54. The molecule has 1 aliphatic carbocycles. The molecule has 4 atom stereocenters. The van der Waals surface area contributed by atoms with Gasteiger partial charge in [-0.3, -0.25) is 19.2 Å². The number of ether oxygens (including phenoxy) is 2. The van der Waals surface area contributed by atoms with E-state index in [0.29, 0.717) is 0 Å². The topological polar surface area (TPSA) is 86.7 Å². The Morgan fingerprint density at radius 1 is 0.667 bits per heavy atom. The number of carbonyl (C=O) groups excluding carboxylic acids is 4. The molecule has 0 amide bonds. The lowest BCUT2D eigenvalue weighted by Crippen LogP contribution is -2.59. The second kappa shape index (κ2) is 5.29. The third kappa shape index (κ3) is 2.14. The molecule has 100 valence electrons. The third-order valence-electron chi connectivity index (χ3n) is 3.43. The number of rotatable bonds is 4. The number of ketones is 2. The molecule has 0 N–H and O–H groups in total. The standard InChI is InChI=1S/C12H16O6/c1-5(13)7-8(6(2)14)10(12(16)18-4)9(7)11(15)17-3/h7-10H,1-4H3/t7-,8-,9+,10+/m0/s1. The fraction of sp³-hybridized carbons (Fsp3) is 0.667. The van der Waals surface area contributed by atoms with E-state index in [2.05, 4.69) is 9.47 Å². The maximum atomic E-state index is 11.6. The Labute approximate surface area is 105 Å². The number of Topliss-reactive ketones (excluding diaryl/α,β-unsaturated/α-hetero) is 2. The number of methoxy groups -OCH3 is 2. The maximum absolute atomic E-state index is 11.6. The molecule has 1 aliphatic rings. The zero-order valence-electron chi connectivity index (χ0n) is 10.8. The van der Waals surface area contributed by atoms with Crippen molar-refractivity contribution in [2.24, 2.45) is 23.7 Å².